The van der Waals surface area contributed by atoms with E-state index in [1.54, 1.807) is 6.07 Å². The zero-order valence-electron chi connectivity index (χ0n) is 17.4. The second-order valence-electron chi connectivity index (χ2n) is 9.40. The number of alkyl halides is 3. The van der Waals surface area contributed by atoms with Gasteiger partial charge >= 0.3 is 6.18 Å². The molecule has 4 rings (SSSR count). The molecule has 30 heavy (non-hydrogen) atoms. The van der Waals surface area contributed by atoms with Crippen molar-refractivity contribution in [2.45, 2.75) is 70.9 Å². The van der Waals surface area contributed by atoms with Crippen LogP contribution < -0.4 is 0 Å². The van der Waals surface area contributed by atoms with Crippen LogP contribution in [0.3, 0.4) is 0 Å². The highest BCUT2D eigenvalue weighted by atomic mass is 19.4. The molecule has 2 aliphatic carbocycles. The molecule has 1 N–H and O–H groups in total. The molecule has 2 aromatic rings. The molecule has 1 unspecified atom stereocenters. The molecule has 0 spiro atoms. The van der Waals surface area contributed by atoms with Crippen LogP contribution in [0.25, 0.3) is 0 Å². The van der Waals surface area contributed by atoms with Crippen molar-refractivity contribution in [2.24, 2.45) is 10.4 Å². The standard InChI is InChI=1S/C23H26F3N3O/c1-13(15-5-4-6-16(9-15)23(24,25)26)19-20(14-7-8-14)28-29-21(19)27-17-10-18(30)12-22(2,3)11-17/h4-6,9,13-14H,7-8,10-12H2,1-3H3,(H,28,29). The summed E-state index contributed by atoms with van der Waals surface area (Å²) >= 11 is 0. The van der Waals surface area contributed by atoms with Gasteiger partial charge in [-0.05, 0) is 36.3 Å². The zero-order chi connectivity index (χ0) is 21.7. The number of aliphatic imine (C=N–C) groups is 1. The Kier molecular flexibility index (Phi) is 5.11. The molecular weight excluding hydrogens is 391 g/mol. The lowest BCUT2D eigenvalue weighted by molar-refractivity contribution is -0.137. The predicted octanol–water partition coefficient (Wildman–Crippen LogP) is 6.31. The Hall–Kier alpha value is -2.44. The van der Waals surface area contributed by atoms with Crippen LogP contribution in [-0.4, -0.2) is 21.7 Å². The molecule has 0 bridgehead atoms. The summed E-state index contributed by atoms with van der Waals surface area (Å²) in [6.07, 6.45) is -0.762. The van der Waals surface area contributed by atoms with Crippen LogP contribution in [0.4, 0.5) is 19.0 Å². The molecule has 2 fully saturated rings. The van der Waals surface area contributed by atoms with E-state index in [9.17, 15) is 18.0 Å². The van der Waals surface area contributed by atoms with E-state index in [0.29, 0.717) is 36.6 Å². The number of carbonyl (C=O) groups is 1. The SMILES string of the molecule is CC(c1cccc(C(F)(F)F)c1)c1c(N=C2CC(=O)CC(C)(C)C2)n[nH]c1C1CC1. The Bertz CT molecular complexity index is 999. The van der Waals surface area contributed by atoms with Crippen molar-refractivity contribution in [1.82, 2.24) is 10.2 Å². The Morgan fingerprint density at radius 1 is 1.23 bits per heavy atom. The summed E-state index contributed by atoms with van der Waals surface area (Å²) in [5, 5.41) is 7.51. The molecule has 0 aliphatic heterocycles. The van der Waals surface area contributed by atoms with E-state index >= 15 is 0 Å². The van der Waals surface area contributed by atoms with Crippen LogP contribution in [0.5, 0.6) is 0 Å². The number of Topliss-reactive ketones (excluding diaryl/α,β-unsaturated/α-hetero) is 1. The van der Waals surface area contributed by atoms with Crippen LogP contribution in [-0.2, 0) is 11.0 Å². The third-order valence-electron chi connectivity index (χ3n) is 5.97. The first-order valence-corrected chi connectivity index (χ1v) is 10.4. The molecule has 0 amide bonds. The first-order chi connectivity index (χ1) is 14.0. The Morgan fingerprint density at radius 3 is 2.60 bits per heavy atom. The van der Waals surface area contributed by atoms with Gasteiger partial charge in [0.1, 0.15) is 5.78 Å². The Morgan fingerprint density at radius 2 is 1.97 bits per heavy atom. The van der Waals surface area contributed by atoms with Crippen molar-refractivity contribution in [1.29, 1.82) is 0 Å². The molecule has 1 atom stereocenters. The minimum atomic E-state index is -4.39. The molecule has 1 aromatic heterocycles. The minimum Gasteiger partial charge on any atom is -0.299 e. The number of ketones is 1. The average molecular weight is 417 g/mol. The highest BCUT2D eigenvalue weighted by Gasteiger charge is 2.35. The molecule has 160 valence electrons. The van der Waals surface area contributed by atoms with Crippen LogP contribution in [0.15, 0.2) is 29.3 Å². The van der Waals surface area contributed by atoms with Crippen LogP contribution in [0, 0.1) is 5.41 Å². The number of benzene rings is 1. The average Bonchev–Trinajstić information content (AvgIpc) is 3.40. The van der Waals surface area contributed by atoms with Crippen molar-refractivity contribution in [3.05, 3.63) is 46.6 Å². The van der Waals surface area contributed by atoms with Crippen molar-refractivity contribution in [3.63, 3.8) is 0 Å². The number of hydrogen-bond acceptors (Lipinski definition) is 3. The lowest BCUT2D eigenvalue weighted by Crippen LogP contribution is -2.29. The highest BCUT2D eigenvalue weighted by Crippen LogP contribution is 2.46. The third-order valence-corrected chi connectivity index (χ3v) is 5.97. The highest BCUT2D eigenvalue weighted by molar-refractivity contribution is 6.05. The van der Waals surface area contributed by atoms with Gasteiger partial charge in [0.15, 0.2) is 5.82 Å². The number of hydrogen-bond donors (Lipinski definition) is 1. The number of nitrogens with one attached hydrogen (secondary N) is 1. The van der Waals surface area contributed by atoms with Crippen LogP contribution >= 0.6 is 0 Å². The summed E-state index contributed by atoms with van der Waals surface area (Å²) in [5.74, 6) is 0.713. The van der Waals surface area contributed by atoms with Crippen LogP contribution in [0.2, 0.25) is 0 Å². The van der Waals surface area contributed by atoms with Gasteiger partial charge in [0.05, 0.1) is 5.56 Å². The van der Waals surface area contributed by atoms with E-state index in [-0.39, 0.29) is 17.1 Å². The predicted molar refractivity (Wildman–Crippen MR) is 109 cm³/mol. The van der Waals surface area contributed by atoms with Crippen molar-refractivity contribution in [3.8, 4) is 0 Å². The Labute approximate surface area is 174 Å². The monoisotopic (exact) mass is 417 g/mol. The smallest absolute Gasteiger partial charge is 0.299 e. The fourth-order valence-electron chi connectivity index (χ4n) is 4.43. The second kappa shape index (κ2) is 7.36. The first kappa shape index (κ1) is 20.8. The first-order valence-electron chi connectivity index (χ1n) is 10.4. The van der Waals surface area contributed by atoms with Crippen LogP contribution in [0.1, 0.15) is 87.1 Å². The third kappa shape index (κ3) is 4.35. The number of halogens is 3. The van der Waals surface area contributed by atoms with E-state index in [2.05, 4.69) is 10.2 Å². The van der Waals surface area contributed by atoms with Gasteiger partial charge in [-0.2, -0.15) is 18.3 Å². The largest absolute Gasteiger partial charge is 0.416 e. The molecule has 2 saturated carbocycles. The molecular formula is C23H26F3N3O. The quantitative estimate of drug-likeness (QED) is 0.634. The van der Waals surface area contributed by atoms with E-state index in [4.69, 9.17) is 4.99 Å². The zero-order valence-corrected chi connectivity index (χ0v) is 17.4. The summed E-state index contributed by atoms with van der Waals surface area (Å²) in [4.78, 5) is 16.9. The number of aromatic nitrogens is 2. The number of rotatable bonds is 4. The lowest BCUT2D eigenvalue weighted by Gasteiger charge is -2.29. The fraction of sp³-hybridized carbons (Fsp3) is 0.522. The molecule has 1 aromatic carbocycles. The van der Waals surface area contributed by atoms with Gasteiger partial charge in [-0.15, -0.1) is 0 Å². The molecule has 1 heterocycles. The maximum Gasteiger partial charge on any atom is 0.416 e. The number of nitrogens with zero attached hydrogens (tertiary/aromatic N) is 2. The second-order valence-corrected chi connectivity index (χ2v) is 9.40. The summed E-state index contributed by atoms with van der Waals surface area (Å²) in [5.41, 5.74) is 2.38. The molecule has 4 nitrogen and oxygen atoms in total. The molecule has 0 saturated heterocycles. The number of aromatic amines is 1. The topological polar surface area (TPSA) is 58.1 Å². The Balaban J connectivity index is 1.74. The van der Waals surface area contributed by atoms with E-state index < -0.39 is 11.7 Å². The number of H-pyrrole nitrogens is 1. The summed E-state index contributed by atoms with van der Waals surface area (Å²) in [6.45, 7) is 5.99. The van der Waals surface area contributed by atoms with Gasteiger partial charge < -0.3 is 0 Å². The fourth-order valence-corrected chi connectivity index (χ4v) is 4.43. The normalized spacial score (nSPS) is 21.8. The summed E-state index contributed by atoms with van der Waals surface area (Å²) < 4.78 is 39.7. The van der Waals surface area contributed by atoms with Gasteiger partial charge in [-0.3, -0.25) is 9.89 Å². The number of carbonyl (C=O) groups excluding carboxylic acids is 1. The molecule has 7 heteroatoms. The van der Waals surface area contributed by atoms with E-state index in [0.717, 1.165) is 35.9 Å². The molecule has 2 aliphatic rings. The lowest BCUT2D eigenvalue weighted by atomic mass is 9.76. The maximum atomic E-state index is 13.2. The molecule has 0 radical (unpaired) electrons. The van der Waals surface area contributed by atoms with Crippen molar-refractivity contribution < 1.29 is 18.0 Å². The van der Waals surface area contributed by atoms with Gasteiger partial charge in [-0.1, -0.05) is 39.0 Å². The minimum absolute atomic E-state index is 0.142. The van der Waals surface area contributed by atoms with E-state index in [1.807, 2.05) is 20.8 Å². The summed E-state index contributed by atoms with van der Waals surface area (Å²) in [7, 11) is 0. The van der Waals surface area contributed by atoms with E-state index in [1.165, 1.54) is 12.1 Å². The maximum absolute atomic E-state index is 13.2. The summed E-state index contributed by atoms with van der Waals surface area (Å²) in [6, 6.07) is 5.45. The van der Waals surface area contributed by atoms with Gasteiger partial charge in [0.25, 0.3) is 0 Å². The van der Waals surface area contributed by atoms with Gasteiger partial charge in [0, 0.05) is 41.6 Å². The van der Waals surface area contributed by atoms with Crippen molar-refractivity contribution >= 4 is 17.3 Å². The van der Waals surface area contributed by atoms with Gasteiger partial charge in [0.2, 0.25) is 0 Å². The van der Waals surface area contributed by atoms with Crippen molar-refractivity contribution in [2.75, 3.05) is 0 Å². The van der Waals surface area contributed by atoms with Gasteiger partial charge in [-0.25, -0.2) is 4.99 Å².